The van der Waals surface area contributed by atoms with Crippen molar-refractivity contribution in [2.75, 3.05) is 13.1 Å². The van der Waals surface area contributed by atoms with E-state index < -0.39 is 0 Å². The first kappa shape index (κ1) is 12.2. The van der Waals surface area contributed by atoms with Gasteiger partial charge in [0.1, 0.15) is 0 Å². The van der Waals surface area contributed by atoms with Gasteiger partial charge in [-0.3, -0.25) is 4.79 Å². The summed E-state index contributed by atoms with van der Waals surface area (Å²) in [6, 6.07) is 11.3. The molecule has 0 N–H and O–H groups in total. The van der Waals surface area contributed by atoms with Gasteiger partial charge in [0, 0.05) is 19.0 Å². The van der Waals surface area contributed by atoms with Gasteiger partial charge in [-0.15, -0.1) is 0 Å². The summed E-state index contributed by atoms with van der Waals surface area (Å²) in [5.41, 5.74) is 1.39. The summed E-state index contributed by atoms with van der Waals surface area (Å²) in [6.45, 7) is 5.75. The normalized spacial score (nSPS) is 17.5. The van der Waals surface area contributed by atoms with E-state index in [9.17, 15) is 4.79 Å². The molecule has 1 fully saturated rings. The van der Waals surface area contributed by atoms with Crippen LogP contribution in [0.4, 0.5) is 0 Å². The Hall–Kier alpha value is -1.31. The molecule has 1 radical (unpaired) electrons. The quantitative estimate of drug-likeness (QED) is 0.765. The van der Waals surface area contributed by atoms with Gasteiger partial charge in [-0.2, -0.15) is 0 Å². The van der Waals surface area contributed by atoms with Crippen molar-refractivity contribution >= 4 is 5.91 Å². The third kappa shape index (κ3) is 2.87. The SMILES string of the molecule is CC(C)C(=O)N1CCC(c2cc[c]cc2)CC1. The fourth-order valence-electron chi connectivity index (χ4n) is 2.47. The van der Waals surface area contributed by atoms with Crippen molar-refractivity contribution < 1.29 is 4.79 Å². The van der Waals surface area contributed by atoms with Crippen molar-refractivity contribution in [3.05, 3.63) is 35.9 Å². The van der Waals surface area contributed by atoms with E-state index in [2.05, 4.69) is 18.2 Å². The second-order valence-electron chi connectivity index (χ2n) is 5.09. The molecule has 2 nitrogen and oxygen atoms in total. The number of benzene rings is 1. The van der Waals surface area contributed by atoms with E-state index in [1.54, 1.807) is 0 Å². The lowest BCUT2D eigenvalue weighted by atomic mass is 9.89. The first-order valence-corrected chi connectivity index (χ1v) is 6.43. The molecule has 1 aromatic carbocycles. The molecule has 0 spiro atoms. The van der Waals surface area contributed by atoms with Gasteiger partial charge in [-0.05, 0) is 30.4 Å². The maximum absolute atomic E-state index is 11.9. The molecule has 17 heavy (non-hydrogen) atoms. The van der Waals surface area contributed by atoms with Gasteiger partial charge in [0.15, 0.2) is 0 Å². The molecule has 0 unspecified atom stereocenters. The van der Waals surface area contributed by atoms with Crippen LogP contribution in [0.15, 0.2) is 24.3 Å². The zero-order valence-electron chi connectivity index (χ0n) is 10.6. The summed E-state index contributed by atoms with van der Waals surface area (Å²) in [5.74, 6) is 1.03. The summed E-state index contributed by atoms with van der Waals surface area (Å²) in [5, 5.41) is 0. The third-order valence-electron chi connectivity index (χ3n) is 3.52. The number of hydrogen-bond acceptors (Lipinski definition) is 1. The van der Waals surface area contributed by atoms with Crippen molar-refractivity contribution in [1.82, 2.24) is 4.90 Å². The van der Waals surface area contributed by atoms with E-state index >= 15 is 0 Å². The Balaban J connectivity index is 1.93. The molecule has 0 saturated carbocycles. The van der Waals surface area contributed by atoms with Gasteiger partial charge in [0.05, 0.1) is 0 Å². The van der Waals surface area contributed by atoms with Crippen molar-refractivity contribution in [2.24, 2.45) is 5.92 Å². The average molecular weight is 230 g/mol. The highest BCUT2D eigenvalue weighted by Crippen LogP contribution is 2.28. The minimum absolute atomic E-state index is 0.123. The first-order chi connectivity index (χ1) is 8.18. The Bertz CT molecular complexity index is 364. The maximum atomic E-state index is 11.9. The van der Waals surface area contributed by atoms with Gasteiger partial charge in [-0.25, -0.2) is 0 Å². The van der Waals surface area contributed by atoms with E-state index in [4.69, 9.17) is 0 Å². The Labute approximate surface area is 104 Å². The second kappa shape index (κ2) is 5.35. The molecular weight excluding hydrogens is 210 g/mol. The minimum atomic E-state index is 0.123. The molecule has 0 atom stereocenters. The van der Waals surface area contributed by atoms with Crippen LogP contribution >= 0.6 is 0 Å². The van der Waals surface area contributed by atoms with E-state index in [0.29, 0.717) is 11.8 Å². The van der Waals surface area contributed by atoms with E-state index in [1.165, 1.54) is 5.56 Å². The summed E-state index contributed by atoms with van der Waals surface area (Å²) in [7, 11) is 0. The number of carbonyl (C=O) groups is 1. The van der Waals surface area contributed by atoms with Crippen LogP contribution in [-0.4, -0.2) is 23.9 Å². The highest BCUT2D eigenvalue weighted by Gasteiger charge is 2.24. The van der Waals surface area contributed by atoms with Crippen LogP contribution in [0.1, 0.15) is 38.2 Å². The molecule has 0 aliphatic carbocycles. The predicted molar refractivity (Wildman–Crippen MR) is 68.7 cm³/mol. The summed E-state index contributed by atoms with van der Waals surface area (Å²) in [6.07, 6.45) is 2.17. The lowest BCUT2D eigenvalue weighted by Crippen LogP contribution is -2.40. The Morgan fingerprint density at radius 2 is 1.88 bits per heavy atom. The molecule has 1 saturated heterocycles. The number of rotatable bonds is 2. The minimum Gasteiger partial charge on any atom is -0.342 e. The van der Waals surface area contributed by atoms with Crippen molar-refractivity contribution in [3.8, 4) is 0 Å². The Morgan fingerprint density at radius 3 is 2.41 bits per heavy atom. The lowest BCUT2D eigenvalue weighted by Gasteiger charge is -2.33. The maximum Gasteiger partial charge on any atom is 0.225 e. The molecule has 2 heteroatoms. The largest absolute Gasteiger partial charge is 0.342 e. The van der Waals surface area contributed by atoms with Gasteiger partial charge >= 0.3 is 0 Å². The van der Waals surface area contributed by atoms with Crippen LogP contribution in [0.3, 0.4) is 0 Å². The topological polar surface area (TPSA) is 20.3 Å². The molecule has 1 aromatic rings. The van der Waals surface area contributed by atoms with Crippen LogP contribution in [-0.2, 0) is 4.79 Å². The number of hydrogen-bond donors (Lipinski definition) is 0. The number of piperidine rings is 1. The summed E-state index contributed by atoms with van der Waals surface area (Å²) < 4.78 is 0. The zero-order valence-corrected chi connectivity index (χ0v) is 10.6. The third-order valence-corrected chi connectivity index (χ3v) is 3.52. The molecule has 2 rings (SSSR count). The van der Waals surface area contributed by atoms with Crippen molar-refractivity contribution in [1.29, 1.82) is 0 Å². The standard InChI is InChI=1S/C15H20NO/c1-12(2)15(17)16-10-8-14(9-11-16)13-6-4-3-5-7-13/h4-7,12,14H,8-11H2,1-2H3. The molecule has 0 bridgehead atoms. The van der Waals surface area contributed by atoms with Gasteiger partial charge in [0.2, 0.25) is 5.91 Å². The fourth-order valence-corrected chi connectivity index (χ4v) is 2.47. The smallest absolute Gasteiger partial charge is 0.225 e. The highest BCUT2D eigenvalue weighted by molar-refractivity contribution is 5.78. The number of amides is 1. The molecule has 1 aliphatic heterocycles. The molecule has 1 aliphatic rings. The van der Waals surface area contributed by atoms with E-state index in [1.807, 2.05) is 30.9 Å². The average Bonchev–Trinajstić information content (AvgIpc) is 2.39. The molecule has 1 amide bonds. The molecule has 0 aromatic heterocycles. The van der Waals surface area contributed by atoms with Crippen LogP contribution in [0.25, 0.3) is 0 Å². The van der Waals surface area contributed by atoms with Crippen LogP contribution < -0.4 is 0 Å². The van der Waals surface area contributed by atoms with Crippen LogP contribution in [0, 0.1) is 12.0 Å². The lowest BCUT2D eigenvalue weighted by molar-refractivity contribution is -0.135. The highest BCUT2D eigenvalue weighted by atomic mass is 16.2. The number of carbonyl (C=O) groups excluding carboxylic acids is 1. The Morgan fingerprint density at radius 1 is 1.29 bits per heavy atom. The monoisotopic (exact) mass is 230 g/mol. The van der Waals surface area contributed by atoms with Crippen LogP contribution in [0.2, 0.25) is 0 Å². The zero-order chi connectivity index (χ0) is 12.3. The fraction of sp³-hybridized carbons (Fsp3) is 0.533. The predicted octanol–water partition coefficient (Wildman–Crippen LogP) is 2.85. The van der Waals surface area contributed by atoms with Crippen molar-refractivity contribution in [2.45, 2.75) is 32.6 Å². The molecular formula is C15H20NO. The first-order valence-electron chi connectivity index (χ1n) is 6.43. The molecule has 91 valence electrons. The van der Waals surface area contributed by atoms with Crippen LogP contribution in [0.5, 0.6) is 0 Å². The van der Waals surface area contributed by atoms with Gasteiger partial charge in [0.25, 0.3) is 0 Å². The van der Waals surface area contributed by atoms with Gasteiger partial charge in [-0.1, -0.05) is 38.1 Å². The van der Waals surface area contributed by atoms with Crippen molar-refractivity contribution in [3.63, 3.8) is 0 Å². The number of likely N-dealkylation sites (tertiary alicyclic amines) is 1. The summed E-state index contributed by atoms with van der Waals surface area (Å²) >= 11 is 0. The Kier molecular flexibility index (Phi) is 3.82. The second-order valence-corrected chi connectivity index (χ2v) is 5.09. The van der Waals surface area contributed by atoms with E-state index in [0.717, 1.165) is 25.9 Å². The van der Waals surface area contributed by atoms with Gasteiger partial charge < -0.3 is 4.90 Å². The summed E-state index contributed by atoms with van der Waals surface area (Å²) in [4.78, 5) is 13.9. The molecule has 1 heterocycles. The number of nitrogens with zero attached hydrogens (tertiary/aromatic N) is 1. The van der Waals surface area contributed by atoms with E-state index in [-0.39, 0.29) is 5.92 Å².